The maximum Gasteiger partial charge on any atom is 0.320 e. The topological polar surface area (TPSA) is 200 Å². The zero-order valence-electron chi connectivity index (χ0n) is 46.5. The van der Waals surface area contributed by atoms with Gasteiger partial charge in [0, 0.05) is 71.3 Å². The molecule has 0 saturated carbocycles. The van der Waals surface area contributed by atoms with Crippen molar-refractivity contribution in [3.8, 4) is 6.01 Å². The molecule has 3 N–H and O–H groups in total. The summed E-state index contributed by atoms with van der Waals surface area (Å²) in [6, 6.07) is 8.71. The smallest absolute Gasteiger partial charge is 0.320 e. The molecule has 3 aromatic heterocycles. The van der Waals surface area contributed by atoms with Crippen LogP contribution in [-0.4, -0.2) is 110 Å². The van der Waals surface area contributed by atoms with Gasteiger partial charge in [-0.1, -0.05) is 69.2 Å². The zero-order valence-corrected chi connectivity index (χ0v) is 46.5. The van der Waals surface area contributed by atoms with Crippen LogP contribution in [0.2, 0.25) is 0 Å². The normalized spacial score (nSPS) is 20.9. The molecule has 388 valence electrons. The number of aromatic nitrogens is 9. The summed E-state index contributed by atoms with van der Waals surface area (Å²) in [6.45, 7) is 42.2. The third-order valence-electron chi connectivity index (χ3n) is 15.0. The molecule has 0 fully saturated rings. The Morgan fingerprint density at radius 1 is 0.630 bits per heavy atom. The third-order valence-corrected chi connectivity index (χ3v) is 15.0. The Kier molecular flexibility index (Phi) is 12.9. The average molecular weight is 992 g/mol. The largest absolute Gasteiger partial charge is 0.479 e. The van der Waals surface area contributed by atoms with Crippen LogP contribution in [0, 0.1) is 24.7 Å². The minimum Gasteiger partial charge on any atom is -0.479 e. The molecule has 0 saturated heterocycles. The first kappa shape index (κ1) is 51.3. The number of aromatic hydroxyl groups is 1. The number of aryl methyl sites for hydroxylation is 2. The van der Waals surface area contributed by atoms with Crippen LogP contribution in [0.25, 0.3) is 0 Å². The van der Waals surface area contributed by atoms with E-state index in [0.717, 1.165) is 71.3 Å². The van der Waals surface area contributed by atoms with Gasteiger partial charge in [0.1, 0.15) is 11.4 Å². The predicted octanol–water partition coefficient (Wildman–Crippen LogP) is 10.8. The number of aliphatic imine (C=N–C) groups is 2. The molecule has 7 heterocycles. The molecule has 9 rings (SSSR count). The number of hydrogen-bond acceptors (Lipinski definition) is 16. The van der Waals surface area contributed by atoms with E-state index in [9.17, 15) is 5.11 Å². The molecule has 0 radical (unpaired) electrons. The zero-order chi connectivity index (χ0) is 52.9. The van der Waals surface area contributed by atoms with Gasteiger partial charge in [0.25, 0.3) is 0 Å². The number of nitrogens with one attached hydrogen (secondary N) is 2. The molecule has 0 spiro atoms. The Hall–Kier alpha value is -6.59. The summed E-state index contributed by atoms with van der Waals surface area (Å²) in [4.78, 5) is 41.9. The fraction of sp³-hybridized carbons (Fsp3) is 0.582. The number of nitrogens with zero attached hydrogens (tertiary/aromatic N) is 15. The van der Waals surface area contributed by atoms with Crippen molar-refractivity contribution in [3.63, 3.8) is 0 Å². The minimum absolute atomic E-state index is 0.0763. The van der Waals surface area contributed by atoms with Crippen molar-refractivity contribution < 1.29 is 5.11 Å². The first-order valence-corrected chi connectivity index (χ1v) is 26.3. The van der Waals surface area contributed by atoms with Gasteiger partial charge in [-0.3, -0.25) is 0 Å². The second-order valence-electron chi connectivity index (χ2n) is 24.2. The standard InChI is InChI=1S/C55H77N17O/c1-19-69-39-21-29(3)37(23-35(39)31(5)25-54(69,15)16)58-41-43(52(9,10)11)65-71-47(41)60-45(67-71)33(7)27-56-49-62-50(64-51(73)63-49)57-28-34(8)46-61-48-42(44(53(12,13)14)66-72(48)68-46)59-38-24-36-32(6)26-55(17,18)70(20-2)40(36)22-30(38)4/h21-24,31-34H,19-20,25-28H2,1-18H3,(H3,56,57,62,63,64,73)/b58-41-,59-42-. The predicted molar refractivity (Wildman–Crippen MR) is 295 cm³/mol. The number of hydrogen-bond donors (Lipinski definition) is 3. The maximum absolute atomic E-state index is 10.6. The molecule has 4 aliphatic rings. The van der Waals surface area contributed by atoms with E-state index in [0.29, 0.717) is 48.2 Å². The molecule has 4 aliphatic heterocycles. The van der Waals surface area contributed by atoms with Crippen molar-refractivity contribution in [1.82, 2.24) is 44.7 Å². The Labute approximate surface area is 431 Å². The van der Waals surface area contributed by atoms with Crippen molar-refractivity contribution in [2.24, 2.45) is 31.0 Å². The molecular weight excluding hydrogens is 915 g/mol. The highest BCUT2D eigenvalue weighted by molar-refractivity contribution is 6.51. The van der Waals surface area contributed by atoms with Gasteiger partial charge in [-0.05, 0) is 127 Å². The molecule has 18 heteroatoms. The molecule has 4 atom stereocenters. The number of anilines is 4. The van der Waals surface area contributed by atoms with E-state index in [1.54, 1.807) is 9.58 Å². The highest BCUT2D eigenvalue weighted by Gasteiger charge is 2.40. The maximum atomic E-state index is 10.6. The van der Waals surface area contributed by atoms with Crippen LogP contribution in [0.3, 0.4) is 0 Å². The number of fused-ring (bicyclic) bond motifs is 4. The molecule has 73 heavy (non-hydrogen) atoms. The average Bonchev–Trinajstić information content (AvgIpc) is 4.06. The lowest BCUT2D eigenvalue weighted by Gasteiger charge is -2.47. The van der Waals surface area contributed by atoms with E-state index >= 15 is 0 Å². The monoisotopic (exact) mass is 992 g/mol. The molecule has 0 amide bonds. The fourth-order valence-corrected chi connectivity index (χ4v) is 11.3. The summed E-state index contributed by atoms with van der Waals surface area (Å²) in [5.74, 6) is 3.27. The molecule has 0 aliphatic carbocycles. The van der Waals surface area contributed by atoms with Gasteiger partial charge in [0.15, 0.2) is 11.6 Å². The fourth-order valence-electron chi connectivity index (χ4n) is 11.3. The van der Waals surface area contributed by atoms with Gasteiger partial charge in [0.05, 0.1) is 22.8 Å². The van der Waals surface area contributed by atoms with E-state index in [2.05, 4.69) is 170 Å². The van der Waals surface area contributed by atoms with Gasteiger partial charge in [-0.15, -0.1) is 19.8 Å². The lowest BCUT2D eigenvalue weighted by molar-refractivity contribution is 0.381. The minimum atomic E-state index is -0.413. The van der Waals surface area contributed by atoms with Crippen molar-refractivity contribution >= 4 is 57.5 Å². The SMILES string of the molecule is CCN1c2cc(C)c(/N=C3/C(C(C)(C)C)=Nn4nc(C(C)CNc5nc(O)nc(NCC(C)c6nc7n(n6)N=C(C(C)(C)C)/C7=N/c6cc7c(cc6C)N(CC)C(C)(C)CC7C)n5)nc43)cc2C(C)CC1(C)C. The molecule has 0 bridgehead atoms. The second-order valence-corrected chi connectivity index (χ2v) is 24.2. The Balaban J connectivity index is 0.896. The summed E-state index contributed by atoms with van der Waals surface area (Å²) in [5, 5.41) is 36.8. The van der Waals surface area contributed by atoms with Gasteiger partial charge in [-0.25, -0.2) is 20.0 Å². The van der Waals surface area contributed by atoms with Crippen LogP contribution in [0.1, 0.15) is 193 Å². The van der Waals surface area contributed by atoms with Crippen LogP contribution >= 0.6 is 0 Å². The number of benzene rings is 2. The summed E-state index contributed by atoms with van der Waals surface area (Å²) in [7, 11) is 0. The second kappa shape index (κ2) is 18.4. The number of rotatable bonds is 12. The lowest BCUT2D eigenvalue weighted by atomic mass is 9.79. The van der Waals surface area contributed by atoms with Crippen molar-refractivity contribution in [2.75, 3.05) is 46.6 Å². The Bertz CT molecular complexity index is 2900. The van der Waals surface area contributed by atoms with Gasteiger partial charge in [-0.2, -0.15) is 25.2 Å². The first-order valence-electron chi connectivity index (χ1n) is 26.3. The third kappa shape index (κ3) is 9.61. The highest BCUT2D eigenvalue weighted by atomic mass is 16.3. The van der Waals surface area contributed by atoms with E-state index in [4.69, 9.17) is 40.4 Å². The van der Waals surface area contributed by atoms with Crippen LogP contribution in [-0.2, 0) is 0 Å². The van der Waals surface area contributed by atoms with Crippen molar-refractivity contribution in [2.45, 2.75) is 172 Å². The Morgan fingerprint density at radius 2 is 1.01 bits per heavy atom. The van der Waals surface area contributed by atoms with Gasteiger partial charge < -0.3 is 25.5 Å². The summed E-state index contributed by atoms with van der Waals surface area (Å²) in [6.07, 6.45) is 2.14. The van der Waals surface area contributed by atoms with Gasteiger partial charge in [0.2, 0.25) is 23.5 Å². The van der Waals surface area contributed by atoms with Gasteiger partial charge >= 0.3 is 6.01 Å². The molecule has 18 nitrogen and oxygen atoms in total. The van der Waals surface area contributed by atoms with Crippen LogP contribution in [0.4, 0.5) is 34.6 Å². The molecule has 4 unspecified atom stereocenters. The van der Waals surface area contributed by atoms with Crippen LogP contribution in [0.5, 0.6) is 6.01 Å². The quantitative estimate of drug-likeness (QED) is 0.107. The summed E-state index contributed by atoms with van der Waals surface area (Å²) >= 11 is 0. The highest BCUT2D eigenvalue weighted by Crippen LogP contribution is 2.47. The lowest BCUT2D eigenvalue weighted by Crippen LogP contribution is -2.48. The van der Waals surface area contributed by atoms with E-state index in [1.165, 1.54) is 22.5 Å². The molecular formula is C55H77N17O. The van der Waals surface area contributed by atoms with E-state index in [1.807, 2.05) is 13.8 Å². The van der Waals surface area contributed by atoms with E-state index in [-0.39, 0.29) is 45.6 Å². The van der Waals surface area contributed by atoms with Crippen molar-refractivity contribution in [3.05, 3.63) is 69.8 Å². The Morgan fingerprint density at radius 3 is 1.37 bits per heavy atom. The molecule has 2 aromatic carbocycles. The molecule has 5 aromatic rings. The first-order chi connectivity index (χ1) is 34.2. The van der Waals surface area contributed by atoms with E-state index < -0.39 is 6.01 Å². The summed E-state index contributed by atoms with van der Waals surface area (Å²) < 4.78 is 0. The van der Waals surface area contributed by atoms with Crippen LogP contribution in [0.15, 0.2) is 44.5 Å². The van der Waals surface area contributed by atoms with Crippen molar-refractivity contribution in [1.29, 1.82) is 0 Å². The van der Waals surface area contributed by atoms with Crippen LogP contribution < -0.4 is 20.4 Å². The summed E-state index contributed by atoms with van der Waals surface area (Å²) in [5.41, 5.74) is 11.9.